The lowest BCUT2D eigenvalue weighted by atomic mass is 10.2. The molecule has 6 nitrogen and oxygen atoms in total. The van der Waals surface area contributed by atoms with E-state index in [1.54, 1.807) is 30.3 Å². The number of hydrogen-bond donors (Lipinski definition) is 1. The third kappa shape index (κ3) is 4.03. The Labute approximate surface area is 129 Å². The SMILES string of the molecule is CC(=O)Nc1cccc(Oc2ccc(Br)cc2[N+](=O)[O-])c1. The molecule has 0 aliphatic carbocycles. The van der Waals surface area contributed by atoms with E-state index in [-0.39, 0.29) is 17.3 Å². The van der Waals surface area contributed by atoms with Gasteiger partial charge in [-0.05, 0) is 24.3 Å². The van der Waals surface area contributed by atoms with Crippen molar-refractivity contribution in [2.45, 2.75) is 6.92 Å². The van der Waals surface area contributed by atoms with E-state index >= 15 is 0 Å². The van der Waals surface area contributed by atoms with E-state index < -0.39 is 4.92 Å². The first-order valence-electron chi connectivity index (χ1n) is 5.95. The topological polar surface area (TPSA) is 81.5 Å². The van der Waals surface area contributed by atoms with E-state index in [9.17, 15) is 14.9 Å². The highest BCUT2D eigenvalue weighted by molar-refractivity contribution is 9.10. The minimum atomic E-state index is -0.516. The number of hydrogen-bond acceptors (Lipinski definition) is 4. The molecule has 7 heteroatoms. The van der Waals surface area contributed by atoms with Crippen molar-refractivity contribution in [1.82, 2.24) is 0 Å². The third-order valence-electron chi connectivity index (χ3n) is 2.50. The van der Waals surface area contributed by atoms with E-state index in [2.05, 4.69) is 21.2 Å². The van der Waals surface area contributed by atoms with Gasteiger partial charge in [-0.2, -0.15) is 0 Å². The quantitative estimate of drug-likeness (QED) is 0.664. The molecule has 2 aromatic rings. The van der Waals surface area contributed by atoms with Gasteiger partial charge >= 0.3 is 5.69 Å². The summed E-state index contributed by atoms with van der Waals surface area (Å²) < 4.78 is 6.13. The molecule has 0 heterocycles. The van der Waals surface area contributed by atoms with Gasteiger partial charge in [0.1, 0.15) is 5.75 Å². The summed E-state index contributed by atoms with van der Waals surface area (Å²) in [5.41, 5.74) is 0.411. The summed E-state index contributed by atoms with van der Waals surface area (Å²) in [5.74, 6) is 0.316. The zero-order valence-electron chi connectivity index (χ0n) is 11.0. The highest BCUT2D eigenvalue weighted by atomic mass is 79.9. The van der Waals surface area contributed by atoms with Gasteiger partial charge in [-0.1, -0.05) is 22.0 Å². The fraction of sp³-hybridized carbons (Fsp3) is 0.0714. The molecule has 0 spiro atoms. The number of anilines is 1. The van der Waals surface area contributed by atoms with Crippen LogP contribution in [0.2, 0.25) is 0 Å². The number of carbonyl (C=O) groups excluding carboxylic acids is 1. The van der Waals surface area contributed by atoms with Crippen LogP contribution in [-0.2, 0) is 4.79 Å². The molecule has 0 atom stereocenters. The minimum absolute atomic E-state index is 0.128. The molecule has 0 bridgehead atoms. The third-order valence-corrected chi connectivity index (χ3v) is 2.99. The van der Waals surface area contributed by atoms with Crippen LogP contribution in [0.15, 0.2) is 46.9 Å². The summed E-state index contributed by atoms with van der Waals surface area (Å²) in [6.45, 7) is 1.40. The van der Waals surface area contributed by atoms with Crippen LogP contribution in [-0.4, -0.2) is 10.8 Å². The maximum Gasteiger partial charge on any atom is 0.312 e. The van der Waals surface area contributed by atoms with Crippen LogP contribution in [0.3, 0.4) is 0 Å². The Morgan fingerprint density at radius 1 is 1.29 bits per heavy atom. The number of benzene rings is 2. The summed E-state index contributed by atoms with van der Waals surface area (Å²) in [6.07, 6.45) is 0. The Kier molecular flexibility index (Phi) is 4.54. The Morgan fingerprint density at radius 2 is 2.05 bits per heavy atom. The second-order valence-electron chi connectivity index (χ2n) is 4.18. The van der Waals surface area contributed by atoms with Gasteiger partial charge in [0, 0.05) is 29.2 Å². The van der Waals surface area contributed by atoms with Crippen LogP contribution in [0.25, 0.3) is 0 Å². The van der Waals surface area contributed by atoms with E-state index in [4.69, 9.17) is 4.74 Å². The predicted octanol–water partition coefficient (Wildman–Crippen LogP) is 4.11. The van der Waals surface area contributed by atoms with Gasteiger partial charge in [0.25, 0.3) is 0 Å². The van der Waals surface area contributed by atoms with Crippen LogP contribution in [0.4, 0.5) is 11.4 Å². The Balaban J connectivity index is 2.30. The molecule has 108 valence electrons. The van der Waals surface area contributed by atoms with Gasteiger partial charge in [-0.25, -0.2) is 0 Å². The van der Waals surface area contributed by atoms with Crippen molar-refractivity contribution < 1.29 is 14.5 Å². The normalized spacial score (nSPS) is 10.0. The fourth-order valence-corrected chi connectivity index (χ4v) is 2.04. The smallest absolute Gasteiger partial charge is 0.312 e. The lowest BCUT2D eigenvalue weighted by molar-refractivity contribution is -0.385. The first-order valence-corrected chi connectivity index (χ1v) is 6.74. The van der Waals surface area contributed by atoms with E-state index in [1.807, 2.05) is 0 Å². The number of nitro benzene ring substituents is 1. The number of rotatable bonds is 4. The molecule has 0 saturated heterocycles. The van der Waals surface area contributed by atoms with Crippen molar-refractivity contribution in [3.8, 4) is 11.5 Å². The molecule has 0 fully saturated rings. The maximum atomic E-state index is 11.0. The molecule has 0 aliphatic rings. The number of carbonyl (C=O) groups is 1. The van der Waals surface area contributed by atoms with Gasteiger partial charge in [0.15, 0.2) is 0 Å². The van der Waals surface area contributed by atoms with Crippen molar-refractivity contribution in [3.63, 3.8) is 0 Å². The number of nitrogens with zero attached hydrogens (tertiary/aromatic N) is 1. The fourth-order valence-electron chi connectivity index (χ4n) is 1.69. The molecule has 0 unspecified atom stereocenters. The maximum absolute atomic E-state index is 11.0. The number of halogens is 1. The number of ether oxygens (including phenoxy) is 1. The highest BCUT2D eigenvalue weighted by Crippen LogP contribution is 2.34. The lowest BCUT2D eigenvalue weighted by Gasteiger charge is -2.08. The molecule has 0 aromatic heterocycles. The first kappa shape index (κ1) is 15.0. The standard InChI is InChI=1S/C14H11BrN2O4/c1-9(18)16-11-3-2-4-12(8-11)21-14-6-5-10(15)7-13(14)17(19)20/h2-8H,1H3,(H,16,18). The molecular weight excluding hydrogens is 340 g/mol. The van der Waals surface area contributed by atoms with Crippen LogP contribution in [0, 0.1) is 10.1 Å². The van der Waals surface area contributed by atoms with Gasteiger partial charge < -0.3 is 10.1 Å². The Hall–Kier alpha value is -2.41. The summed E-state index contributed by atoms with van der Waals surface area (Å²) >= 11 is 3.18. The first-order chi connectivity index (χ1) is 9.95. The molecule has 0 radical (unpaired) electrons. The monoisotopic (exact) mass is 350 g/mol. The van der Waals surface area contributed by atoms with Crippen molar-refractivity contribution >= 4 is 33.2 Å². The Morgan fingerprint density at radius 3 is 2.71 bits per heavy atom. The van der Waals surface area contributed by atoms with Gasteiger partial charge in [0.05, 0.1) is 4.92 Å². The molecular formula is C14H11BrN2O4. The summed E-state index contributed by atoms with van der Waals surface area (Å²) in [6, 6.07) is 11.2. The number of amides is 1. The molecule has 2 aromatic carbocycles. The zero-order valence-corrected chi connectivity index (χ0v) is 12.6. The number of nitrogens with one attached hydrogen (secondary N) is 1. The van der Waals surface area contributed by atoms with Gasteiger partial charge in [-0.15, -0.1) is 0 Å². The van der Waals surface area contributed by atoms with Crippen molar-refractivity contribution in [2.75, 3.05) is 5.32 Å². The van der Waals surface area contributed by atoms with Crippen LogP contribution in [0.5, 0.6) is 11.5 Å². The van der Waals surface area contributed by atoms with E-state index in [0.717, 1.165) is 0 Å². The molecule has 1 N–H and O–H groups in total. The molecule has 1 amide bonds. The largest absolute Gasteiger partial charge is 0.450 e. The van der Waals surface area contributed by atoms with Crippen molar-refractivity contribution in [2.24, 2.45) is 0 Å². The lowest BCUT2D eigenvalue weighted by Crippen LogP contribution is -2.05. The predicted molar refractivity (Wildman–Crippen MR) is 81.6 cm³/mol. The van der Waals surface area contributed by atoms with Gasteiger partial charge in [0.2, 0.25) is 11.7 Å². The summed E-state index contributed by atoms with van der Waals surface area (Å²) in [5, 5.41) is 13.6. The average Bonchev–Trinajstić information content (AvgIpc) is 2.40. The summed E-state index contributed by atoms with van der Waals surface area (Å²) in [4.78, 5) is 21.5. The van der Waals surface area contributed by atoms with Crippen LogP contribution >= 0.6 is 15.9 Å². The second-order valence-corrected chi connectivity index (χ2v) is 5.10. The van der Waals surface area contributed by atoms with Crippen LogP contribution < -0.4 is 10.1 Å². The Bertz CT molecular complexity index is 703. The van der Waals surface area contributed by atoms with E-state index in [0.29, 0.717) is 15.9 Å². The number of nitro groups is 1. The van der Waals surface area contributed by atoms with Crippen molar-refractivity contribution in [3.05, 3.63) is 57.1 Å². The summed E-state index contributed by atoms with van der Waals surface area (Å²) in [7, 11) is 0. The molecule has 0 aliphatic heterocycles. The molecule has 0 saturated carbocycles. The van der Waals surface area contributed by atoms with Gasteiger partial charge in [-0.3, -0.25) is 14.9 Å². The average molecular weight is 351 g/mol. The molecule has 21 heavy (non-hydrogen) atoms. The second kappa shape index (κ2) is 6.36. The minimum Gasteiger partial charge on any atom is -0.450 e. The van der Waals surface area contributed by atoms with E-state index in [1.165, 1.54) is 19.1 Å². The van der Waals surface area contributed by atoms with Crippen LogP contribution in [0.1, 0.15) is 6.92 Å². The zero-order chi connectivity index (χ0) is 15.4. The van der Waals surface area contributed by atoms with Crippen molar-refractivity contribution in [1.29, 1.82) is 0 Å². The highest BCUT2D eigenvalue weighted by Gasteiger charge is 2.16. The molecule has 2 rings (SSSR count).